The highest BCUT2D eigenvalue weighted by Crippen LogP contribution is 1.99. The first-order chi connectivity index (χ1) is 4.75. The molecule has 0 saturated carbocycles. The lowest BCUT2D eigenvalue weighted by Gasteiger charge is -1.93. The molecule has 0 atom stereocenters. The van der Waals surface area contributed by atoms with Crippen LogP contribution in [0.3, 0.4) is 0 Å². The van der Waals surface area contributed by atoms with Gasteiger partial charge in [-0.15, -0.1) is 4.68 Å². The van der Waals surface area contributed by atoms with Crippen LogP contribution in [0.5, 0.6) is 0 Å². The summed E-state index contributed by atoms with van der Waals surface area (Å²) in [6.45, 7) is 0. The number of hydrogen-bond donors (Lipinski definition) is 2. The molecule has 0 amide bonds. The lowest BCUT2D eigenvalue weighted by molar-refractivity contribution is -0.623. The molecule has 4 nitrogen and oxygen atoms in total. The van der Waals surface area contributed by atoms with Crippen molar-refractivity contribution in [3.63, 3.8) is 0 Å². The summed E-state index contributed by atoms with van der Waals surface area (Å²) >= 11 is 0. The van der Waals surface area contributed by atoms with Crippen LogP contribution in [0.2, 0.25) is 0 Å². The predicted molar refractivity (Wildman–Crippen MR) is 35.9 cm³/mol. The summed E-state index contributed by atoms with van der Waals surface area (Å²) in [5.41, 5.74) is 5.80. The van der Waals surface area contributed by atoms with Crippen molar-refractivity contribution in [1.29, 1.82) is 5.26 Å². The molecule has 0 aromatic carbocycles. The monoisotopic (exact) mass is 135 g/mol. The van der Waals surface area contributed by atoms with Crippen molar-refractivity contribution in [2.75, 3.05) is 11.6 Å². The molecular weight excluding hydrogens is 128 g/mol. The molecule has 1 heterocycles. The highest BCUT2D eigenvalue weighted by Gasteiger charge is 2.05. The minimum atomic E-state index is 0.282. The molecule has 0 bridgehead atoms. The Bertz CT molecular complexity index is 286. The van der Waals surface area contributed by atoms with Gasteiger partial charge in [0, 0.05) is 0 Å². The van der Waals surface area contributed by atoms with Gasteiger partial charge in [-0.2, -0.15) is 5.26 Å². The smallest absolute Gasteiger partial charge is 0.284 e. The van der Waals surface area contributed by atoms with Gasteiger partial charge in [0.05, 0.1) is 0 Å². The number of pyridine rings is 1. The Kier molecular flexibility index (Phi) is 1.42. The van der Waals surface area contributed by atoms with Gasteiger partial charge in [-0.1, -0.05) is 0 Å². The van der Waals surface area contributed by atoms with Crippen molar-refractivity contribution in [2.24, 2.45) is 0 Å². The van der Waals surface area contributed by atoms with Crippen LogP contribution in [0.1, 0.15) is 5.56 Å². The topological polar surface area (TPSA) is 79.7 Å². The van der Waals surface area contributed by atoms with Gasteiger partial charge in [0.15, 0.2) is 0 Å². The SMILES string of the molecule is N#Cc1ccc[n+](N)c1N. The third-order valence-electron chi connectivity index (χ3n) is 1.18. The zero-order valence-corrected chi connectivity index (χ0v) is 5.28. The van der Waals surface area contributed by atoms with Gasteiger partial charge >= 0.3 is 5.82 Å². The van der Waals surface area contributed by atoms with Crippen molar-refractivity contribution < 1.29 is 4.68 Å². The van der Waals surface area contributed by atoms with Gasteiger partial charge in [0.1, 0.15) is 17.8 Å². The molecule has 0 aliphatic heterocycles. The van der Waals surface area contributed by atoms with E-state index in [4.69, 9.17) is 16.8 Å². The first kappa shape index (κ1) is 6.36. The molecule has 50 valence electrons. The number of nitrogens with two attached hydrogens (primary N) is 2. The average molecular weight is 135 g/mol. The zero-order chi connectivity index (χ0) is 7.56. The first-order valence-corrected chi connectivity index (χ1v) is 2.71. The van der Waals surface area contributed by atoms with Crippen LogP contribution in [0.15, 0.2) is 18.3 Å². The molecule has 0 saturated heterocycles. The molecule has 0 unspecified atom stereocenters. The summed E-state index contributed by atoms with van der Waals surface area (Å²) in [6, 6.07) is 5.18. The number of aromatic nitrogens is 1. The van der Waals surface area contributed by atoms with Crippen LogP contribution < -0.4 is 16.3 Å². The van der Waals surface area contributed by atoms with Crippen molar-refractivity contribution in [3.8, 4) is 6.07 Å². The Labute approximate surface area is 58.3 Å². The summed E-state index contributed by atoms with van der Waals surface area (Å²) in [5.74, 6) is 5.62. The molecule has 4 N–H and O–H groups in total. The van der Waals surface area contributed by atoms with E-state index < -0.39 is 0 Å². The molecule has 1 rings (SSSR count). The van der Waals surface area contributed by atoms with Crippen molar-refractivity contribution in [1.82, 2.24) is 0 Å². The maximum absolute atomic E-state index is 8.44. The van der Waals surface area contributed by atoms with E-state index in [0.717, 1.165) is 0 Å². The summed E-state index contributed by atoms with van der Waals surface area (Å²) in [6.07, 6.45) is 1.58. The first-order valence-electron chi connectivity index (χ1n) is 2.71. The van der Waals surface area contributed by atoms with Crippen LogP contribution in [0.4, 0.5) is 5.82 Å². The van der Waals surface area contributed by atoms with Crippen LogP contribution in [0, 0.1) is 11.3 Å². The second-order valence-electron chi connectivity index (χ2n) is 1.83. The molecule has 10 heavy (non-hydrogen) atoms. The third-order valence-corrected chi connectivity index (χ3v) is 1.18. The fourth-order valence-corrected chi connectivity index (χ4v) is 0.631. The van der Waals surface area contributed by atoms with E-state index in [1.54, 1.807) is 18.3 Å². The largest absolute Gasteiger partial charge is 0.313 e. The van der Waals surface area contributed by atoms with Crippen LogP contribution in [-0.4, -0.2) is 0 Å². The number of nitrogens with zero attached hydrogens (tertiary/aromatic N) is 2. The standard InChI is InChI=1S/C6H6N4/c7-4-5-2-1-3-10(9)6(5)8/h1-3,8H,9H2/p+1. The second-order valence-corrected chi connectivity index (χ2v) is 1.83. The number of nitriles is 1. The van der Waals surface area contributed by atoms with Crippen LogP contribution >= 0.6 is 0 Å². The molecule has 1 aromatic heterocycles. The highest BCUT2D eigenvalue weighted by molar-refractivity contribution is 5.43. The summed E-state index contributed by atoms with van der Waals surface area (Å²) in [5, 5.41) is 8.44. The van der Waals surface area contributed by atoms with Crippen molar-refractivity contribution in [3.05, 3.63) is 23.9 Å². The maximum atomic E-state index is 8.44. The summed E-state index contributed by atoms with van der Waals surface area (Å²) in [7, 11) is 0. The minimum Gasteiger partial charge on any atom is -0.284 e. The molecule has 0 fully saturated rings. The number of anilines is 1. The van der Waals surface area contributed by atoms with E-state index in [2.05, 4.69) is 0 Å². The maximum Gasteiger partial charge on any atom is 0.313 e. The van der Waals surface area contributed by atoms with Gasteiger partial charge in [-0.05, 0) is 12.1 Å². The highest BCUT2D eigenvalue weighted by atomic mass is 15.3. The molecule has 0 spiro atoms. The van der Waals surface area contributed by atoms with Gasteiger partial charge in [-0.3, -0.25) is 11.6 Å². The third kappa shape index (κ3) is 0.845. The predicted octanol–water partition coefficient (Wildman–Crippen LogP) is -0.858. The Balaban J connectivity index is 3.31. The lowest BCUT2D eigenvalue weighted by Crippen LogP contribution is -2.46. The van der Waals surface area contributed by atoms with E-state index >= 15 is 0 Å². The Hall–Kier alpha value is -1.76. The fraction of sp³-hybridized carbons (Fsp3) is 0. The lowest BCUT2D eigenvalue weighted by atomic mass is 10.3. The number of nitrogen functional groups attached to an aromatic ring is 2. The molecule has 0 aliphatic rings. The zero-order valence-electron chi connectivity index (χ0n) is 5.28. The van der Waals surface area contributed by atoms with E-state index in [9.17, 15) is 0 Å². The molecule has 1 aromatic rings. The van der Waals surface area contributed by atoms with Crippen LogP contribution in [0.25, 0.3) is 0 Å². The average Bonchev–Trinajstić information content (AvgIpc) is 1.95. The number of hydrogen-bond acceptors (Lipinski definition) is 3. The van der Waals surface area contributed by atoms with Gasteiger partial charge in [0.25, 0.3) is 0 Å². The quantitative estimate of drug-likeness (QED) is 0.359. The van der Waals surface area contributed by atoms with Gasteiger partial charge in [0.2, 0.25) is 0 Å². The Morgan fingerprint density at radius 1 is 1.60 bits per heavy atom. The van der Waals surface area contributed by atoms with Crippen molar-refractivity contribution >= 4 is 5.82 Å². The summed E-state index contributed by atoms with van der Waals surface area (Å²) < 4.78 is 1.21. The normalized spacial score (nSPS) is 8.70. The van der Waals surface area contributed by atoms with E-state index in [1.165, 1.54) is 4.68 Å². The number of rotatable bonds is 0. The molecular formula is C6H7N4+. The van der Waals surface area contributed by atoms with E-state index in [1.807, 2.05) is 6.07 Å². The van der Waals surface area contributed by atoms with Crippen molar-refractivity contribution in [2.45, 2.75) is 0 Å². The minimum absolute atomic E-state index is 0.282. The second kappa shape index (κ2) is 2.23. The molecule has 0 radical (unpaired) electrons. The molecule has 0 aliphatic carbocycles. The van der Waals surface area contributed by atoms with Gasteiger partial charge < -0.3 is 0 Å². The Morgan fingerprint density at radius 2 is 2.30 bits per heavy atom. The fourth-order valence-electron chi connectivity index (χ4n) is 0.631. The van der Waals surface area contributed by atoms with E-state index in [0.29, 0.717) is 5.56 Å². The van der Waals surface area contributed by atoms with Crippen LogP contribution in [-0.2, 0) is 0 Å². The van der Waals surface area contributed by atoms with E-state index in [-0.39, 0.29) is 5.82 Å². The Morgan fingerprint density at radius 3 is 2.80 bits per heavy atom. The summed E-state index contributed by atoms with van der Waals surface area (Å²) in [4.78, 5) is 0. The molecule has 4 heteroatoms. The van der Waals surface area contributed by atoms with Gasteiger partial charge in [-0.25, -0.2) is 0 Å².